The molecule has 0 spiro atoms. The fourth-order valence-corrected chi connectivity index (χ4v) is 2.68. The van der Waals surface area contributed by atoms with Crippen molar-refractivity contribution in [2.75, 3.05) is 24.5 Å². The summed E-state index contributed by atoms with van der Waals surface area (Å²) < 4.78 is 0. The van der Waals surface area contributed by atoms with E-state index in [1.54, 1.807) is 6.07 Å². The van der Waals surface area contributed by atoms with Crippen molar-refractivity contribution >= 4 is 22.6 Å². The van der Waals surface area contributed by atoms with E-state index in [2.05, 4.69) is 16.0 Å². The quantitative estimate of drug-likeness (QED) is 0.888. The predicted octanol–water partition coefficient (Wildman–Crippen LogP) is 1.72. The van der Waals surface area contributed by atoms with Gasteiger partial charge in [-0.3, -0.25) is 0 Å². The molecule has 1 aliphatic heterocycles. The Hall–Kier alpha value is -2.14. The lowest BCUT2D eigenvalue weighted by atomic mass is 10.1. The first-order valence-corrected chi connectivity index (χ1v) is 6.76. The van der Waals surface area contributed by atoms with Crippen molar-refractivity contribution in [2.24, 2.45) is 11.7 Å². The molecular weight excluding hydrogens is 254 g/mol. The molecule has 5 heteroatoms. The second kappa shape index (κ2) is 5.09. The summed E-state index contributed by atoms with van der Waals surface area (Å²) in [6, 6.07) is 9.33. The highest BCUT2D eigenvalue weighted by Gasteiger charge is 2.21. The molecule has 0 radical (unpaired) electrons. The molecule has 104 valence electrons. The molecular formula is C15H17N3O2. The Kier molecular flexibility index (Phi) is 3.28. The molecule has 3 N–H and O–H groups in total. The highest BCUT2D eigenvalue weighted by Crippen LogP contribution is 2.26. The lowest BCUT2D eigenvalue weighted by Gasteiger charge is -2.18. The lowest BCUT2D eigenvalue weighted by molar-refractivity contribution is 0.0691. The number of carbonyl (C=O) groups is 1. The first-order chi connectivity index (χ1) is 9.67. The first-order valence-electron chi connectivity index (χ1n) is 6.76. The average molecular weight is 271 g/mol. The number of anilines is 1. The molecule has 0 amide bonds. The van der Waals surface area contributed by atoms with Gasteiger partial charge in [0, 0.05) is 24.2 Å². The van der Waals surface area contributed by atoms with Crippen LogP contribution in [0.1, 0.15) is 16.9 Å². The molecule has 1 saturated heterocycles. The van der Waals surface area contributed by atoms with Crippen molar-refractivity contribution in [3.8, 4) is 0 Å². The maximum Gasteiger partial charge on any atom is 0.354 e. The van der Waals surface area contributed by atoms with Crippen molar-refractivity contribution in [1.29, 1.82) is 0 Å². The molecule has 0 aliphatic carbocycles. The number of carboxylic acids is 1. The van der Waals surface area contributed by atoms with E-state index >= 15 is 0 Å². The van der Waals surface area contributed by atoms with Gasteiger partial charge in [0.1, 0.15) is 5.69 Å². The van der Waals surface area contributed by atoms with Gasteiger partial charge in [0.05, 0.1) is 5.52 Å². The molecule has 1 aliphatic rings. The third-order valence-corrected chi connectivity index (χ3v) is 3.88. The van der Waals surface area contributed by atoms with Crippen LogP contribution < -0.4 is 10.6 Å². The van der Waals surface area contributed by atoms with E-state index in [1.165, 1.54) is 6.07 Å². The lowest BCUT2D eigenvalue weighted by Crippen LogP contribution is -2.22. The van der Waals surface area contributed by atoms with Crippen molar-refractivity contribution < 1.29 is 9.90 Å². The van der Waals surface area contributed by atoms with Crippen LogP contribution in [0, 0.1) is 5.92 Å². The Balaban J connectivity index is 1.95. The van der Waals surface area contributed by atoms with E-state index in [0.29, 0.717) is 12.5 Å². The molecule has 1 aromatic heterocycles. The molecule has 1 fully saturated rings. The maximum atomic E-state index is 11.0. The summed E-state index contributed by atoms with van der Waals surface area (Å²) in [4.78, 5) is 17.5. The summed E-state index contributed by atoms with van der Waals surface area (Å²) in [5.74, 6) is -0.453. The zero-order valence-corrected chi connectivity index (χ0v) is 11.1. The highest BCUT2D eigenvalue weighted by molar-refractivity contribution is 5.90. The molecule has 1 unspecified atom stereocenters. The van der Waals surface area contributed by atoms with Gasteiger partial charge in [-0.05, 0) is 37.1 Å². The van der Waals surface area contributed by atoms with Gasteiger partial charge >= 0.3 is 5.97 Å². The van der Waals surface area contributed by atoms with Crippen molar-refractivity contribution in [3.63, 3.8) is 0 Å². The molecule has 2 aromatic rings. The normalized spacial score (nSPS) is 18.6. The summed E-state index contributed by atoms with van der Waals surface area (Å²) in [6.07, 6.45) is 1.11. The Bertz CT molecular complexity index is 657. The Morgan fingerprint density at radius 1 is 1.40 bits per heavy atom. The monoisotopic (exact) mass is 271 g/mol. The van der Waals surface area contributed by atoms with Crippen LogP contribution in [-0.2, 0) is 0 Å². The summed E-state index contributed by atoms with van der Waals surface area (Å²) >= 11 is 0. The SMILES string of the molecule is NCC1CCN(c2ccc3ccc(C(=O)O)nc3c2)C1. The van der Waals surface area contributed by atoms with E-state index in [0.717, 1.165) is 36.1 Å². The van der Waals surface area contributed by atoms with Crippen LogP contribution in [-0.4, -0.2) is 35.7 Å². The van der Waals surface area contributed by atoms with Gasteiger partial charge in [0.15, 0.2) is 0 Å². The van der Waals surface area contributed by atoms with Crippen LogP contribution in [0.2, 0.25) is 0 Å². The second-order valence-electron chi connectivity index (χ2n) is 5.22. The molecule has 1 aromatic carbocycles. The highest BCUT2D eigenvalue weighted by atomic mass is 16.4. The largest absolute Gasteiger partial charge is 0.477 e. The second-order valence-corrected chi connectivity index (χ2v) is 5.22. The Morgan fingerprint density at radius 3 is 2.90 bits per heavy atom. The van der Waals surface area contributed by atoms with Crippen molar-refractivity contribution in [2.45, 2.75) is 6.42 Å². The number of fused-ring (bicyclic) bond motifs is 1. The van der Waals surface area contributed by atoms with Gasteiger partial charge in [-0.15, -0.1) is 0 Å². The van der Waals surface area contributed by atoms with Crippen LogP contribution in [0.5, 0.6) is 0 Å². The number of nitrogens with two attached hydrogens (primary N) is 1. The molecule has 3 rings (SSSR count). The standard InChI is InChI=1S/C15H17N3O2/c16-8-10-5-6-18(9-10)12-3-1-11-2-4-13(15(19)20)17-14(11)7-12/h1-4,7,10H,5-6,8-9,16H2,(H,19,20). The molecule has 0 saturated carbocycles. The molecule has 1 atom stereocenters. The predicted molar refractivity (Wildman–Crippen MR) is 78.1 cm³/mol. The third-order valence-electron chi connectivity index (χ3n) is 3.88. The Labute approximate surface area is 117 Å². The van der Waals surface area contributed by atoms with Crippen LogP contribution in [0.4, 0.5) is 5.69 Å². The summed E-state index contributed by atoms with van der Waals surface area (Å²) in [5, 5.41) is 9.96. The van der Waals surface area contributed by atoms with Crippen LogP contribution in [0.3, 0.4) is 0 Å². The van der Waals surface area contributed by atoms with Gasteiger partial charge in [0.25, 0.3) is 0 Å². The average Bonchev–Trinajstić information content (AvgIpc) is 2.95. The zero-order valence-electron chi connectivity index (χ0n) is 11.1. The fraction of sp³-hybridized carbons (Fsp3) is 0.333. The molecule has 20 heavy (non-hydrogen) atoms. The number of hydrogen-bond donors (Lipinski definition) is 2. The summed E-state index contributed by atoms with van der Waals surface area (Å²) in [7, 11) is 0. The number of hydrogen-bond acceptors (Lipinski definition) is 4. The van der Waals surface area contributed by atoms with E-state index in [4.69, 9.17) is 10.8 Å². The van der Waals surface area contributed by atoms with Crippen molar-refractivity contribution in [3.05, 3.63) is 36.0 Å². The number of pyridine rings is 1. The number of nitrogens with zero attached hydrogens (tertiary/aromatic N) is 2. The maximum absolute atomic E-state index is 11.0. The van der Waals surface area contributed by atoms with Crippen molar-refractivity contribution in [1.82, 2.24) is 4.98 Å². The smallest absolute Gasteiger partial charge is 0.354 e. The van der Waals surface area contributed by atoms with E-state index in [9.17, 15) is 4.79 Å². The van der Waals surface area contributed by atoms with E-state index in [1.807, 2.05) is 12.1 Å². The first kappa shape index (κ1) is 12.9. The Morgan fingerprint density at radius 2 is 2.20 bits per heavy atom. The van der Waals surface area contributed by atoms with Gasteiger partial charge in [-0.2, -0.15) is 0 Å². The summed E-state index contributed by atoms with van der Waals surface area (Å²) in [6.45, 7) is 2.66. The molecule has 0 bridgehead atoms. The van der Waals surface area contributed by atoms with Crippen LogP contribution in [0.25, 0.3) is 10.9 Å². The van der Waals surface area contributed by atoms with Crippen LogP contribution >= 0.6 is 0 Å². The minimum atomic E-state index is -0.998. The number of carboxylic acid groups (broad SMARTS) is 1. The topological polar surface area (TPSA) is 79.5 Å². The number of aromatic nitrogens is 1. The van der Waals surface area contributed by atoms with E-state index < -0.39 is 5.97 Å². The summed E-state index contributed by atoms with van der Waals surface area (Å²) in [5.41, 5.74) is 7.60. The number of aromatic carboxylic acids is 1. The number of rotatable bonds is 3. The van der Waals surface area contributed by atoms with Gasteiger partial charge in [0.2, 0.25) is 0 Å². The number of benzene rings is 1. The van der Waals surface area contributed by atoms with E-state index in [-0.39, 0.29) is 5.69 Å². The van der Waals surface area contributed by atoms with Crippen LogP contribution in [0.15, 0.2) is 30.3 Å². The zero-order chi connectivity index (χ0) is 14.1. The van der Waals surface area contributed by atoms with Gasteiger partial charge in [-0.1, -0.05) is 12.1 Å². The van der Waals surface area contributed by atoms with Gasteiger partial charge in [-0.25, -0.2) is 9.78 Å². The van der Waals surface area contributed by atoms with Gasteiger partial charge < -0.3 is 15.7 Å². The molecule has 5 nitrogen and oxygen atoms in total. The molecule has 2 heterocycles. The minimum absolute atomic E-state index is 0.0795. The third kappa shape index (κ3) is 2.32. The fourth-order valence-electron chi connectivity index (χ4n) is 2.68. The minimum Gasteiger partial charge on any atom is -0.477 e.